The molecular formula is C22H18N2O2. The van der Waals surface area contributed by atoms with Crippen LogP contribution in [0.5, 0.6) is 5.75 Å². The van der Waals surface area contributed by atoms with Crippen molar-refractivity contribution in [3.8, 4) is 5.75 Å². The van der Waals surface area contributed by atoms with Crippen molar-refractivity contribution >= 4 is 38.8 Å². The van der Waals surface area contributed by atoms with Crippen LogP contribution in [0.2, 0.25) is 0 Å². The van der Waals surface area contributed by atoms with Crippen molar-refractivity contribution in [1.82, 2.24) is 0 Å². The van der Waals surface area contributed by atoms with Crippen LogP contribution in [0.25, 0.3) is 21.5 Å². The normalized spacial score (nSPS) is 10.9. The minimum atomic E-state index is -0.116. The summed E-state index contributed by atoms with van der Waals surface area (Å²) in [7, 11) is 0. The average Bonchev–Trinajstić information content (AvgIpc) is 2.63. The van der Waals surface area contributed by atoms with E-state index < -0.39 is 0 Å². The third-order valence-electron chi connectivity index (χ3n) is 4.49. The first-order valence-electron chi connectivity index (χ1n) is 8.39. The number of fused-ring (bicyclic) bond motifs is 2. The zero-order valence-corrected chi connectivity index (χ0v) is 14.1. The van der Waals surface area contributed by atoms with Crippen molar-refractivity contribution in [1.29, 1.82) is 0 Å². The standard InChI is InChI=1S/C22H18N2O2/c23-17-9-7-14-3-1-5-16(19(14)12-17)11-22(26)24-18-10-8-15-4-2-6-21(25)20(15)13-18/h1-10,12-13,25H,11,23H2,(H,24,26). The first kappa shape index (κ1) is 16.0. The van der Waals surface area contributed by atoms with Crippen molar-refractivity contribution in [2.45, 2.75) is 6.42 Å². The molecule has 4 heteroatoms. The van der Waals surface area contributed by atoms with Gasteiger partial charge in [-0.15, -0.1) is 0 Å². The van der Waals surface area contributed by atoms with Crippen LogP contribution >= 0.6 is 0 Å². The number of nitrogens with two attached hydrogens (primary N) is 1. The van der Waals surface area contributed by atoms with E-state index in [1.165, 1.54) is 0 Å². The van der Waals surface area contributed by atoms with Gasteiger partial charge in [0.15, 0.2) is 0 Å². The summed E-state index contributed by atoms with van der Waals surface area (Å²) in [6.45, 7) is 0. The van der Waals surface area contributed by atoms with Crippen molar-refractivity contribution in [3.63, 3.8) is 0 Å². The zero-order chi connectivity index (χ0) is 18.1. The summed E-state index contributed by atoms with van der Waals surface area (Å²) in [5.74, 6) is 0.0813. The SMILES string of the molecule is Nc1ccc2cccc(CC(=O)Nc3ccc4cccc(O)c4c3)c2c1. The molecule has 26 heavy (non-hydrogen) atoms. The first-order chi connectivity index (χ1) is 12.6. The number of nitrogen functional groups attached to an aromatic ring is 1. The number of amides is 1. The molecule has 0 fully saturated rings. The highest BCUT2D eigenvalue weighted by atomic mass is 16.3. The quantitative estimate of drug-likeness (QED) is 0.481. The predicted octanol–water partition coefficient (Wildman–Crippen LogP) is 4.46. The lowest BCUT2D eigenvalue weighted by molar-refractivity contribution is -0.115. The highest BCUT2D eigenvalue weighted by molar-refractivity contribution is 5.99. The number of rotatable bonds is 3. The monoisotopic (exact) mass is 342 g/mol. The Morgan fingerprint density at radius 2 is 1.62 bits per heavy atom. The van der Waals surface area contributed by atoms with E-state index in [4.69, 9.17) is 5.73 Å². The Bertz CT molecular complexity index is 1140. The summed E-state index contributed by atoms with van der Waals surface area (Å²) < 4.78 is 0. The Labute approximate surface area is 150 Å². The second-order valence-electron chi connectivity index (χ2n) is 6.34. The molecule has 0 aliphatic carbocycles. The van der Waals surface area contributed by atoms with Crippen molar-refractivity contribution in [2.75, 3.05) is 11.1 Å². The van der Waals surface area contributed by atoms with Crippen LogP contribution in [0.3, 0.4) is 0 Å². The van der Waals surface area contributed by atoms with Gasteiger partial charge in [-0.25, -0.2) is 0 Å². The van der Waals surface area contributed by atoms with Gasteiger partial charge in [0.25, 0.3) is 0 Å². The molecule has 1 amide bonds. The number of nitrogens with one attached hydrogen (secondary N) is 1. The smallest absolute Gasteiger partial charge is 0.228 e. The van der Waals surface area contributed by atoms with Gasteiger partial charge < -0.3 is 16.2 Å². The molecule has 0 saturated heterocycles. The average molecular weight is 342 g/mol. The molecule has 4 rings (SSSR count). The van der Waals surface area contributed by atoms with Crippen LogP contribution in [0.15, 0.2) is 72.8 Å². The van der Waals surface area contributed by atoms with E-state index in [9.17, 15) is 9.90 Å². The van der Waals surface area contributed by atoms with Gasteiger partial charge in [-0.3, -0.25) is 4.79 Å². The number of hydrogen-bond acceptors (Lipinski definition) is 3. The molecule has 0 bridgehead atoms. The summed E-state index contributed by atoms with van der Waals surface area (Å²) in [6.07, 6.45) is 0.250. The zero-order valence-electron chi connectivity index (χ0n) is 14.1. The van der Waals surface area contributed by atoms with Crippen LogP contribution in [-0.4, -0.2) is 11.0 Å². The highest BCUT2D eigenvalue weighted by Gasteiger charge is 2.09. The van der Waals surface area contributed by atoms with E-state index in [1.807, 2.05) is 54.6 Å². The van der Waals surface area contributed by atoms with E-state index in [1.54, 1.807) is 18.2 Å². The van der Waals surface area contributed by atoms with Gasteiger partial charge in [0, 0.05) is 16.8 Å². The Hall–Kier alpha value is -3.53. The fourth-order valence-corrected chi connectivity index (χ4v) is 3.22. The maximum atomic E-state index is 12.5. The van der Waals surface area contributed by atoms with Crippen LogP contribution in [0, 0.1) is 0 Å². The number of benzene rings is 4. The summed E-state index contributed by atoms with van der Waals surface area (Å²) in [5.41, 5.74) is 8.15. The molecule has 4 nitrogen and oxygen atoms in total. The molecule has 4 aromatic rings. The second kappa shape index (κ2) is 6.41. The Balaban J connectivity index is 1.60. The van der Waals surface area contributed by atoms with E-state index in [-0.39, 0.29) is 18.1 Å². The lowest BCUT2D eigenvalue weighted by atomic mass is 10.0. The molecule has 0 radical (unpaired) electrons. The molecular weight excluding hydrogens is 324 g/mol. The Morgan fingerprint density at radius 1 is 0.885 bits per heavy atom. The van der Waals surface area contributed by atoms with E-state index in [0.29, 0.717) is 16.8 Å². The van der Waals surface area contributed by atoms with Crippen molar-refractivity contribution in [2.24, 2.45) is 0 Å². The Kier molecular flexibility index (Phi) is 3.93. The minimum Gasteiger partial charge on any atom is -0.507 e. The van der Waals surface area contributed by atoms with Crippen LogP contribution in [0.4, 0.5) is 11.4 Å². The number of phenols is 1. The fourth-order valence-electron chi connectivity index (χ4n) is 3.22. The number of aromatic hydroxyl groups is 1. The van der Waals surface area contributed by atoms with Gasteiger partial charge in [-0.05, 0) is 52.1 Å². The molecule has 128 valence electrons. The van der Waals surface area contributed by atoms with E-state index in [0.717, 1.165) is 21.7 Å². The van der Waals surface area contributed by atoms with Crippen molar-refractivity contribution in [3.05, 3.63) is 78.4 Å². The third-order valence-corrected chi connectivity index (χ3v) is 4.49. The molecule has 4 N–H and O–H groups in total. The number of carbonyl (C=O) groups excluding carboxylic acids is 1. The van der Waals surface area contributed by atoms with Gasteiger partial charge in [-0.2, -0.15) is 0 Å². The number of phenolic OH excluding ortho intramolecular Hbond substituents is 1. The Morgan fingerprint density at radius 3 is 2.46 bits per heavy atom. The van der Waals surface area contributed by atoms with Gasteiger partial charge in [0.2, 0.25) is 5.91 Å². The molecule has 0 heterocycles. The van der Waals surface area contributed by atoms with E-state index in [2.05, 4.69) is 5.32 Å². The lowest BCUT2D eigenvalue weighted by Crippen LogP contribution is -2.14. The van der Waals surface area contributed by atoms with E-state index >= 15 is 0 Å². The van der Waals surface area contributed by atoms with Gasteiger partial charge in [-0.1, -0.05) is 42.5 Å². The second-order valence-corrected chi connectivity index (χ2v) is 6.34. The topological polar surface area (TPSA) is 75.4 Å². The molecule has 0 saturated carbocycles. The molecule has 0 aromatic heterocycles. The summed E-state index contributed by atoms with van der Waals surface area (Å²) in [6, 6.07) is 22.4. The minimum absolute atomic E-state index is 0.116. The summed E-state index contributed by atoms with van der Waals surface area (Å²) >= 11 is 0. The van der Waals surface area contributed by atoms with Crippen LogP contribution in [0.1, 0.15) is 5.56 Å². The molecule has 0 aliphatic heterocycles. The lowest BCUT2D eigenvalue weighted by Gasteiger charge is -2.10. The summed E-state index contributed by atoms with van der Waals surface area (Å²) in [5, 5.41) is 16.6. The van der Waals surface area contributed by atoms with Gasteiger partial charge in [0.05, 0.1) is 6.42 Å². The molecule has 0 spiro atoms. The first-order valence-corrected chi connectivity index (χ1v) is 8.39. The molecule has 0 unspecified atom stereocenters. The number of hydrogen-bond donors (Lipinski definition) is 3. The predicted molar refractivity (Wildman–Crippen MR) is 106 cm³/mol. The number of anilines is 2. The largest absolute Gasteiger partial charge is 0.507 e. The van der Waals surface area contributed by atoms with Crippen molar-refractivity contribution < 1.29 is 9.90 Å². The fraction of sp³-hybridized carbons (Fsp3) is 0.0455. The van der Waals surface area contributed by atoms with Crippen LogP contribution in [-0.2, 0) is 11.2 Å². The molecule has 4 aromatic carbocycles. The van der Waals surface area contributed by atoms with Crippen LogP contribution < -0.4 is 11.1 Å². The summed E-state index contributed by atoms with van der Waals surface area (Å²) in [4.78, 5) is 12.5. The maximum absolute atomic E-state index is 12.5. The van der Waals surface area contributed by atoms with Gasteiger partial charge >= 0.3 is 0 Å². The number of carbonyl (C=O) groups is 1. The molecule has 0 aliphatic rings. The maximum Gasteiger partial charge on any atom is 0.228 e. The highest BCUT2D eigenvalue weighted by Crippen LogP contribution is 2.27. The van der Waals surface area contributed by atoms with Gasteiger partial charge in [0.1, 0.15) is 5.75 Å². The third kappa shape index (κ3) is 3.05. The molecule has 0 atom stereocenters.